The SMILES string of the molecule is CCC(CC)(CN)C(=O)N1CCN(c2ccc(S(N)(=O)=O)cc2)CC1. The van der Waals surface area contributed by atoms with Gasteiger partial charge in [0.15, 0.2) is 0 Å². The zero-order valence-corrected chi connectivity index (χ0v) is 15.8. The van der Waals surface area contributed by atoms with Gasteiger partial charge in [0.05, 0.1) is 10.3 Å². The molecule has 0 aromatic heterocycles. The van der Waals surface area contributed by atoms with Gasteiger partial charge < -0.3 is 15.5 Å². The van der Waals surface area contributed by atoms with Crippen molar-refractivity contribution in [2.24, 2.45) is 16.3 Å². The zero-order valence-electron chi connectivity index (χ0n) is 14.9. The minimum atomic E-state index is -3.68. The lowest BCUT2D eigenvalue weighted by molar-refractivity contribution is -0.142. The van der Waals surface area contributed by atoms with Crippen LogP contribution in [0.15, 0.2) is 29.2 Å². The molecule has 0 spiro atoms. The maximum absolute atomic E-state index is 12.9. The number of carbonyl (C=O) groups is 1. The van der Waals surface area contributed by atoms with Gasteiger partial charge in [-0.25, -0.2) is 13.6 Å². The molecule has 0 atom stereocenters. The summed E-state index contributed by atoms with van der Waals surface area (Å²) in [5, 5.41) is 5.12. The van der Waals surface area contributed by atoms with Crippen LogP contribution in [0.5, 0.6) is 0 Å². The molecule has 2 rings (SSSR count). The van der Waals surface area contributed by atoms with Crippen LogP contribution in [-0.2, 0) is 14.8 Å². The van der Waals surface area contributed by atoms with Crippen LogP contribution in [0.1, 0.15) is 26.7 Å². The van der Waals surface area contributed by atoms with Gasteiger partial charge in [0, 0.05) is 38.4 Å². The van der Waals surface area contributed by atoms with Gasteiger partial charge >= 0.3 is 0 Å². The number of primary sulfonamides is 1. The predicted octanol–water partition coefficient (Wildman–Crippen LogP) is 0.748. The first-order chi connectivity index (χ1) is 11.8. The summed E-state index contributed by atoms with van der Waals surface area (Å²) < 4.78 is 22.7. The molecule has 1 heterocycles. The topological polar surface area (TPSA) is 110 Å². The highest BCUT2D eigenvalue weighted by Gasteiger charge is 2.37. The van der Waals surface area contributed by atoms with E-state index in [0.717, 1.165) is 18.5 Å². The minimum absolute atomic E-state index is 0.101. The molecular formula is C17H28N4O3S. The van der Waals surface area contributed by atoms with Crippen molar-refractivity contribution in [1.82, 2.24) is 4.90 Å². The van der Waals surface area contributed by atoms with Gasteiger partial charge in [-0.1, -0.05) is 13.8 Å². The second kappa shape index (κ2) is 7.72. The van der Waals surface area contributed by atoms with Gasteiger partial charge in [0.2, 0.25) is 15.9 Å². The predicted molar refractivity (Wildman–Crippen MR) is 98.7 cm³/mol. The second-order valence-corrected chi connectivity index (χ2v) is 8.07. The third kappa shape index (κ3) is 4.13. The fourth-order valence-electron chi connectivity index (χ4n) is 3.28. The smallest absolute Gasteiger partial charge is 0.238 e. The Kier molecular flexibility index (Phi) is 6.08. The summed E-state index contributed by atoms with van der Waals surface area (Å²) in [6.45, 7) is 7.07. The summed E-state index contributed by atoms with van der Waals surface area (Å²) in [7, 11) is -3.68. The van der Waals surface area contributed by atoms with Crippen molar-refractivity contribution in [2.75, 3.05) is 37.6 Å². The molecule has 7 nitrogen and oxygen atoms in total. The summed E-state index contributed by atoms with van der Waals surface area (Å²) in [4.78, 5) is 17.0. The maximum atomic E-state index is 12.9. The van der Waals surface area contributed by atoms with Crippen molar-refractivity contribution in [1.29, 1.82) is 0 Å². The minimum Gasteiger partial charge on any atom is -0.368 e. The third-order valence-corrected chi connectivity index (χ3v) is 6.22. The highest BCUT2D eigenvalue weighted by Crippen LogP contribution is 2.29. The average molecular weight is 369 g/mol. The van der Waals surface area contributed by atoms with Crippen molar-refractivity contribution >= 4 is 21.6 Å². The van der Waals surface area contributed by atoms with E-state index in [0.29, 0.717) is 32.7 Å². The first kappa shape index (κ1) is 19.7. The van der Waals surface area contributed by atoms with Crippen LogP contribution >= 0.6 is 0 Å². The van der Waals surface area contributed by atoms with Gasteiger partial charge in [0.1, 0.15) is 0 Å². The lowest BCUT2D eigenvalue weighted by atomic mass is 9.81. The summed E-state index contributed by atoms with van der Waals surface area (Å²) in [5.74, 6) is 0.143. The Morgan fingerprint density at radius 3 is 2.00 bits per heavy atom. The number of sulfonamides is 1. The maximum Gasteiger partial charge on any atom is 0.238 e. The standard InChI is InChI=1S/C17H28N4O3S/c1-3-17(4-2,13-18)16(22)21-11-9-20(10-12-21)14-5-7-15(8-6-14)25(19,23)24/h5-8H,3-4,9-13,18H2,1-2H3,(H2,19,23,24). The molecule has 0 bridgehead atoms. The summed E-state index contributed by atoms with van der Waals surface area (Å²) in [6.07, 6.45) is 1.49. The van der Waals surface area contributed by atoms with E-state index in [9.17, 15) is 13.2 Å². The normalized spacial score (nSPS) is 16.2. The van der Waals surface area contributed by atoms with Crippen LogP contribution in [0.4, 0.5) is 5.69 Å². The van der Waals surface area contributed by atoms with Gasteiger partial charge in [-0.15, -0.1) is 0 Å². The fourth-order valence-corrected chi connectivity index (χ4v) is 3.79. The van der Waals surface area contributed by atoms with Gasteiger partial charge in [-0.05, 0) is 37.1 Å². The molecule has 0 unspecified atom stereocenters. The van der Waals surface area contributed by atoms with Crippen molar-refractivity contribution in [3.63, 3.8) is 0 Å². The van der Waals surface area contributed by atoms with E-state index < -0.39 is 15.4 Å². The van der Waals surface area contributed by atoms with Crippen LogP contribution in [0, 0.1) is 5.41 Å². The largest absolute Gasteiger partial charge is 0.368 e. The number of amides is 1. The molecule has 25 heavy (non-hydrogen) atoms. The second-order valence-electron chi connectivity index (χ2n) is 6.51. The van der Waals surface area contributed by atoms with Crippen LogP contribution < -0.4 is 15.8 Å². The molecule has 1 aliphatic rings. The zero-order chi connectivity index (χ0) is 18.7. The van der Waals surface area contributed by atoms with E-state index in [2.05, 4.69) is 4.90 Å². The monoisotopic (exact) mass is 368 g/mol. The Balaban J connectivity index is 2.03. The third-order valence-electron chi connectivity index (χ3n) is 5.30. The molecule has 1 aliphatic heterocycles. The number of anilines is 1. The Morgan fingerprint density at radius 1 is 1.08 bits per heavy atom. The van der Waals surface area contributed by atoms with Gasteiger partial charge in [-0.3, -0.25) is 4.79 Å². The molecule has 1 fully saturated rings. The van der Waals surface area contributed by atoms with E-state index in [1.54, 1.807) is 12.1 Å². The van der Waals surface area contributed by atoms with Crippen molar-refractivity contribution < 1.29 is 13.2 Å². The number of hydrogen-bond acceptors (Lipinski definition) is 5. The van der Waals surface area contributed by atoms with Crippen LogP contribution in [-0.4, -0.2) is 51.9 Å². The first-order valence-electron chi connectivity index (χ1n) is 8.64. The van der Waals surface area contributed by atoms with Gasteiger partial charge in [-0.2, -0.15) is 0 Å². The highest BCUT2D eigenvalue weighted by atomic mass is 32.2. The molecule has 0 radical (unpaired) electrons. The number of nitrogens with two attached hydrogens (primary N) is 2. The molecular weight excluding hydrogens is 340 g/mol. The van der Waals surface area contributed by atoms with E-state index >= 15 is 0 Å². The van der Waals surface area contributed by atoms with Crippen LogP contribution in [0.2, 0.25) is 0 Å². The summed E-state index contributed by atoms with van der Waals surface area (Å²) in [5.41, 5.74) is 6.35. The molecule has 140 valence electrons. The first-order valence-corrected chi connectivity index (χ1v) is 10.2. The summed E-state index contributed by atoms with van der Waals surface area (Å²) >= 11 is 0. The Morgan fingerprint density at radius 2 is 1.60 bits per heavy atom. The molecule has 1 aromatic rings. The molecule has 1 amide bonds. The molecule has 0 aliphatic carbocycles. The van der Waals surface area contributed by atoms with E-state index in [4.69, 9.17) is 10.9 Å². The molecule has 1 aromatic carbocycles. The quantitative estimate of drug-likeness (QED) is 0.770. The van der Waals surface area contributed by atoms with Crippen molar-refractivity contribution in [3.05, 3.63) is 24.3 Å². The fraction of sp³-hybridized carbons (Fsp3) is 0.588. The lowest BCUT2D eigenvalue weighted by Gasteiger charge is -2.41. The van der Waals surface area contributed by atoms with Crippen molar-refractivity contribution in [2.45, 2.75) is 31.6 Å². The lowest BCUT2D eigenvalue weighted by Crippen LogP contribution is -2.54. The average Bonchev–Trinajstić information content (AvgIpc) is 2.63. The molecule has 0 saturated carbocycles. The Labute approximate surface area is 150 Å². The number of benzene rings is 1. The van der Waals surface area contributed by atoms with Crippen LogP contribution in [0.25, 0.3) is 0 Å². The highest BCUT2D eigenvalue weighted by molar-refractivity contribution is 7.89. The van der Waals surface area contributed by atoms with E-state index in [1.807, 2.05) is 18.7 Å². The molecule has 8 heteroatoms. The van der Waals surface area contributed by atoms with Gasteiger partial charge in [0.25, 0.3) is 0 Å². The van der Waals surface area contributed by atoms with Crippen LogP contribution in [0.3, 0.4) is 0 Å². The Bertz CT molecular complexity index is 683. The number of hydrogen-bond donors (Lipinski definition) is 2. The number of rotatable bonds is 6. The number of carbonyl (C=O) groups excluding carboxylic acids is 1. The molecule has 4 N–H and O–H groups in total. The summed E-state index contributed by atoms with van der Waals surface area (Å²) in [6, 6.07) is 6.52. The Hall–Kier alpha value is -1.64. The number of piperazine rings is 1. The van der Waals surface area contributed by atoms with E-state index in [1.165, 1.54) is 12.1 Å². The van der Waals surface area contributed by atoms with Crippen molar-refractivity contribution in [3.8, 4) is 0 Å². The number of nitrogens with zero attached hydrogens (tertiary/aromatic N) is 2. The van der Waals surface area contributed by atoms with E-state index in [-0.39, 0.29) is 10.8 Å². The molecule has 1 saturated heterocycles.